The molecular formula is C20H25N3O5. The van der Waals surface area contributed by atoms with Gasteiger partial charge in [0, 0.05) is 19.5 Å². The summed E-state index contributed by atoms with van der Waals surface area (Å²) >= 11 is 0. The van der Waals surface area contributed by atoms with Crippen LogP contribution in [-0.2, 0) is 14.4 Å². The number of anilines is 1. The lowest BCUT2D eigenvalue weighted by molar-refractivity contribution is -0.148. The minimum absolute atomic E-state index is 0.0528. The molecule has 3 aliphatic heterocycles. The quantitative estimate of drug-likeness (QED) is 0.795. The zero-order chi connectivity index (χ0) is 19.7. The molecule has 2 amide bonds. The summed E-state index contributed by atoms with van der Waals surface area (Å²) in [5.41, 5.74) is 0.545. The van der Waals surface area contributed by atoms with E-state index < -0.39 is 12.0 Å². The molecule has 0 saturated carbocycles. The van der Waals surface area contributed by atoms with Crippen LogP contribution in [0, 0.1) is 5.41 Å². The van der Waals surface area contributed by atoms with E-state index in [-0.39, 0.29) is 36.8 Å². The van der Waals surface area contributed by atoms with E-state index in [1.165, 1.54) is 4.90 Å². The fraction of sp³-hybridized carbons (Fsp3) is 0.550. The number of ether oxygens (including phenoxy) is 1. The summed E-state index contributed by atoms with van der Waals surface area (Å²) in [6, 6.07) is 6.45. The number of benzene rings is 1. The summed E-state index contributed by atoms with van der Waals surface area (Å²) in [7, 11) is 0. The third-order valence-corrected chi connectivity index (χ3v) is 6.14. The number of para-hydroxylation sites is 2. The van der Waals surface area contributed by atoms with Gasteiger partial charge in [0.15, 0.2) is 6.61 Å². The molecule has 2 saturated heterocycles. The van der Waals surface area contributed by atoms with Crippen molar-refractivity contribution in [1.29, 1.82) is 0 Å². The summed E-state index contributed by atoms with van der Waals surface area (Å²) in [5.74, 6) is -0.735. The van der Waals surface area contributed by atoms with Crippen LogP contribution in [0.5, 0.6) is 5.75 Å². The number of rotatable bonds is 4. The zero-order valence-corrected chi connectivity index (χ0v) is 15.7. The number of carbonyl (C=O) groups is 3. The first-order valence-corrected chi connectivity index (χ1v) is 9.74. The molecule has 0 bridgehead atoms. The predicted molar refractivity (Wildman–Crippen MR) is 101 cm³/mol. The van der Waals surface area contributed by atoms with Gasteiger partial charge in [-0.15, -0.1) is 0 Å². The van der Waals surface area contributed by atoms with E-state index in [9.17, 15) is 19.5 Å². The third-order valence-electron chi connectivity index (χ3n) is 6.14. The maximum absolute atomic E-state index is 12.9. The van der Waals surface area contributed by atoms with Gasteiger partial charge in [0.05, 0.1) is 5.69 Å². The highest BCUT2D eigenvalue weighted by atomic mass is 16.5. The van der Waals surface area contributed by atoms with Crippen LogP contribution in [-0.4, -0.2) is 66.6 Å². The number of carbonyl (C=O) groups excluding carboxylic acids is 2. The second-order valence-corrected chi connectivity index (χ2v) is 7.88. The van der Waals surface area contributed by atoms with Crippen molar-refractivity contribution >= 4 is 23.5 Å². The van der Waals surface area contributed by atoms with Gasteiger partial charge in [0.25, 0.3) is 5.91 Å². The molecule has 0 unspecified atom stereocenters. The van der Waals surface area contributed by atoms with Gasteiger partial charge in [-0.1, -0.05) is 12.1 Å². The molecule has 3 heterocycles. The van der Waals surface area contributed by atoms with E-state index in [2.05, 4.69) is 5.32 Å². The first-order valence-electron chi connectivity index (χ1n) is 9.74. The first kappa shape index (κ1) is 18.7. The van der Waals surface area contributed by atoms with Crippen molar-refractivity contribution < 1.29 is 24.2 Å². The summed E-state index contributed by atoms with van der Waals surface area (Å²) in [5, 5.41) is 12.9. The molecular weight excluding hydrogens is 362 g/mol. The van der Waals surface area contributed by atoms with Gasteiger partial charge < -0.3 is 25.0 Å². The fourth-order valence-electron chi connectivity index (χ4n) is 4.61. The van der Waals surface area contributed by atoms with Crippen molar-refractivity contribution in [1.82, 2.24) is 10.2 Å². The lowest BCUT2D eigenvalue weighted by atomic mass is 9.77. The number of carboxylic acids is 1. The standard InChI is InChI=1S/C20H25N3O5/c24-17(5-10-22-14-3-1-2-4-16(14)28-12-18(22)25)23-13-20(6-8-21-9-7-20)11-15(23)19(26)27/h1-4,15,21H,5-13H2,(H,26,27)/t15-/m1/s1. The Morgan fingerprint density at radius 3 is 2.75 bits per heavy atom. The topological polar surface area (TPSA) is 99.2 Å². The second kappa shape index (κ2) is 7.43. The Morgan fingerprint density at radius 1 is 1.25 bits per heavy atom. The molecule has 2 fully saturated rings. The Hall–Kier alpha value is -2.61. The number of aliphatic carboxylic acids is 1. The van der Waals surface area contributed by atoms with Crippen LogP contribution in [0.25, 0.3) is 0 Å². The summed E-state index contributed by atoms with van der Waals surface area (Å²) in [4.78, 5) is 40.1. The van der Waals surface area contributed by atoms with Crippen LogP contribution in [0.15, 0.2) is 24.3 Å². The van der Waals surface area contributed by atoms with E-state index in [0.29, 0.717) is 24.4 Å². The highest BCUT2D eigenvalue weighted by molar-refractivity contribution is 5.98. The number of hydrogen-bond acceptors (Lipinski definition) is 5. The van der Waals surface area contributed by atoms with Gasteiger partial charge >= 0.3 is 5.97 Å². The van der Waals surface area contributed by atoms with E-state index in [4.69, 9.17) is 4.74 Å². The molecule has 8 heteroatoms. The molecule has 3 aliphatic rings. The predicted octanol–water partition coefficient (Wildman–Crippen LogP) is 0.857. The molecule has 150 valence electrons. The smallest absolute Gasteiger partial charge is 0.326 e. The zero-order valence-electron chi connectivity index (χ0n) is 15.7. The van der Waals surface area contributed by atoms with Gasteiger partial charge in [-0.3, -0.25) is 9.59 Å². The molecule has 0 aliphatic carbocycles. The minimum atomic E-state index is -0.948. The number of piperidine rings is 1. The molecule has 28 heavy (non-hydrogen) atoms. The van der Waals surface area contributed by atoms with E-state index in [0.717, 1.165) is 25.9 Å². The lowest BCUT2D eigenvalue weighted by Crippen LogP contribution is -2.45. The molecule has 8 nitrogen and oxygen atoms in total. The summed E-state index contributed by atoms with van der Waals surface area (Å²) in [6.07, 6.45) is 2.37. The Kier molecular flexibility index (Phi) is 4.97. The lowest BCUT2D eigenvalue weighted by Gasteiger charge is -2.33. The van der Waals surface area contributed by atoms with Crippen molar-refractivity contribution in [3.8, 4) is 5.75 Å². The van der Waals surface area contributed by atoms with Gasteiger partial charge in [0.1, 0.15) is 11.8 Å². The first-order chi connectivity index (χ1) is 13.5. The molecule has 0 radical (unpaired) electrons. The van der Waals surface area contributed by atoms with Crippen LogP contribution >= 0.6 is 0 Å². The van der Waals surface area contributed by atoms with E-state index in [1.807, 2.05) is 12.1 Å². The number of nitrogens with zero attached hydrogens (tertiary/aromatic N) is 2. The largest absolute Gasteiger partial charge is 0.482 e. The van der Waals surface area contributed by atoms with Crippen molar-refractivity contribution in [3.63, 3.8) is 0 Å². The molecule has 1 aromatic rings. The number of fused-ring (bicyclic) bond motifs is 1. The molecule has 1 spiro atoms. The molecule has 1 atom stereocenters. The van der Waals surface area contributed by atoms with Crippen LogP contribution < -0.4 is 15.0 Å². The second-order valence-electron chi connectivity index (χ2n) is 7.88. The normalized spacial score (nSPS) is 23.4. The van der Waals surface area contributed by atoms with E-state index >= 15 is 0 Å². The molecule has 4 rings (SSSR count). The average Bonchev–Trinajstić information content (AvgIpc) is 3.07. The molecule has 0 aromatic heterocycles. The highest BCUT2D eigenvalue weighted by Crippen LogP contribution is 2.42. The average molecular weight is 387 g/mol. The Balaban J connectivity index is 1.46. The number of amides is 2. The number of carboxylic acid groups (broad SMARTS) is 1. The van der Waals surface area contributed by atoms with Crippen molar-refractivity contribution in [2.24, 2.45) is 5.41 Å². The molecule has 1 aromatic carbocycles. The maximum Gasteiger partial charge on any atom is 0.326 e. The van der Waals surface area contributed by atoms with Gasteiger partial charge in [-0.05, 0) is 49.9 Å². The van der Waals surface area contributed by atoms with Crippen LogP contribution in [0.1, 0.15) is 25.7 Å². The van der Waals surface area contributed by atoms with Crippen LogP contribution in [0.3, 0.4) is 0 Å². The monoisotopic (exact) mass is 387 g/mol. The van der Waals surface area contributed by atoms with Crippen LogP contribution in [0.4, 0.5) is 5.69 Å². The Morgan fingerprint density at radius 2 is 2.00 bits per heavy atom. The maximum atomic E-state index is 12.9. The van der Waals surface area contributed by atoms with Crippen LogP contribution in [0.2, 0.25) is 0 Å². The van der Waals surface area contributed by atoms with Crippen molar-refractivity contribution in [3.05, 3.63) is 24.3 Å². The van der Waals surface area contributed by atoms with Gasteiger partial charge in [0.2, 0.25) is 5.91 Å². The Bertz CT molecular complexity index is 790. The number of hydrogen-bond donors (Lipinski definition) is 2. The van der Waals surface area contributed by atoms with Crippen molar-refractivity contribution in [2.45, 2.75) is 31.7 Å². The van der Waals surface area contributed by atoms with Crippen molar-refractivity contribution in [2.75, 3.05) is 37.7 Å². The van der Waals surface area contributed by atoms with Gasteiger partial charge in [-0.2, -0.15) is 0 Å². The number of likely N-dealkylation sites (tertiary alicyclic amines) is 1. The highest BCUT2D eigenvalue weighted by Gasteiger charge is 2.48. The summed E-state index contributed by atoms with van der Waals surface area (Å²) in [6.45, 7) is 2.36. The summed E-state index contributed by atoms with van der Waals surface area (Å²) < 4.78 is 5.43. The minimum Gasteiger partial charge on any atom is -0.482 e. The van der Waals surface area contributed by atoms with E-state index in [1.54, 1.807) is 17.0 Å². The SMILES string of the molecule is O=C(O)[C@H]1CC2(CCNCC2)CN1C(=O)CCN1C(=O)COc2ccccc21. The Labute approximate surface area is 163 Å². The molecule has 2 N–H and O–H groups in total. The van der Waals surface area contributed by atoms with Gasteiger partial charge in [-0.25, -0.2) is 4.79 Å². The number of nitrogens with one attached hydrogen (secondary N) is 1. The fourth-order valence-corrected chi connectivity index (χ4v) is 4.61. The third kappa shape index (κ3) is 3.44.